The van der Waals surface area contributed by atoms with Crippen LogP contribution in [0, 0.1) is 11.8 Å². The predicted molar refractivity (Wildman–Crippen MR) is 113 cm³/mol. The summed E-state index contributed by atoms with van der Waals surface area (Å²) < 4.78 is 0. The van der Waals surface area contributed by atoms with Crippen LogP contribution in [0.1, 0.15) is 54.4 Å². The first-order valence-corrected chi connectivity index (χ1v) is 10.8. The second-order valence-corrected chi connectivity index (χ2v) is 8.62. The summed E-state index contributed by atoms with van der Waals surface area (Å²) in [5.74, 6) is 2.27. The van der Waals surface area contributed by atoms with Gasteiger partial charge in [0.1, 0.15) is 5.82 Å². The number of carbonyl (C=O) groups is 1. The highest BCUT2D eigenvalue weighted by molar-refractivity contribution is 5.93. The van der Waals surface area contributed by atoms with Crippen LogP contribution in [0.15, 0.2) is 42.7 Å². The van der Waals surface area contributed by atoms with E-state index >= 15 is 0 Å². The van der Waals surface area contributed by atoms with E-state index in [9.17, 15) is 4.79 Å². The number of nitrogens with zero attached hydrogens (tertiary/aromatic N) is 3. The first-order valence-electron chi connectivity index (χ1n) is 10.8. The molecule has 6 heteroatoms. The minimum atomic E-state index is 0.0529. The molecule has 2 N–H and O–H groups in total. The molecule has 2 atom stereocenters. The summed E-state index contributed by atoms with van der Waals surface area (Å²) in [5.41, 5.74) is 8.87. The van der Waals surface area contributed by atoms with Crippen LogP contribution in [0.2, 0.25) is 0 Å². The molecule has 4 rings (SSSR count). The van der Waals surface area contributed by atoms with Crippen LogP contribution >= 0.6 is 0 Å². The standard InChI is InChI=1S/C23H31N5O/c1-16(2)22-24-13-20(14-25-22)23(29)28-10-8-18(9-11-28)21-19(15-26-27-21)12-17-6-4-3-5-7-17/h3-7,13-14,16,18-19,21,26-27H,8-12,15H2,1-2H3. The Morgan fingerprint density at radius 3 is 2.48 bits per heavy atom. The number of carbonyl (C=O) groups excluding carboxylic acids is 1. The van der Waals surface area contributed by atoms with Crippen molar-refractivity contribution in [2.75, 3.05) is 19.6 Å². The van der Waals surface area contributed by atoms with Crippen LogP contribution in [0.3, 0.4) is 0 Å². The zero-order valence-corrected chi connectivity index (χ0v) is 17.3. The van der Waals surface area contributed by atoms with Gasteiger partial charge >= 0.3 is 0 Å². The van der Waals surface area contributed by atoms with E-state index in [1.54, 1.807) is 12.4 Å². The van der Waals surface area contributed by atoms with Gasteiger partial charge in [-0.3, -0.25) is 15.6 Å². The molecule has 2 saturated heterocycles. The van der Waals surface area contributed by atoms with Gasteiger partial charge in [0.05, 0.1) is 5.56 Å². The van der Waals surface area contributed by atoms with Crippen molar-refractivity contribution >= 4 is 5.91 Å². The normalized spacial score (nSPS) is 22.9. The summed E-state index contributed by atoms with van der Waals surface area (Å²) in [6.07, 6.45) is 6.50. The summed E-state index contributed by atoms with van der Waals surface area (Å²) in [5, 5.41) is 0. The molecule has 0 bridgehead atoms. The van der Waals surface area contributed by atoms with E-state index < -0.39 is 0 Å². The number of nitrogens with one attached hydrogen (secondary N) is 2. The maximum atomic E-state index is 12.8. The molecule has 29 heavy (non-hydrogen) atoms. The minimum absolute atomic E-state index is 0.0529. The van der Waals surface area contributed by atoms with E-state index in [1.807, 2.05) is 4.90 Å². The summed E-state index contributed by atoms with van der Waals surface area (Å²) in [6.45, 7) is 6.70. The smallest absolute Gasteiger partial charge is 0.256 e. The van der Waals surface area contributed by atoms with Gasteiger partial charge in [0.25, 0.3) is 5.91 Å². The molecule has 2 aliphatic rings. The number of benzene rings is 1. The van der Waals surface area contributed by atoms with Crippen LogP contribution in [0.4, 0.5) is 0 Å². The molecule has 0 radical (unpaired) electrons. The van der Waals surface area contributed by atoms with Crippen molar-refractivity contribution in [3.8, 4) is 0 Å². The van der Waals surface area contributed by atoms with Gasteiger partial charge in [-0.15, -0.1) is 0 Å². The summed E-state index contributed by atoms with van der Waals surface area (Å²) >= 11 is 0. The van der Waals surface area contributed by atoms with Gasteiger partial charge in [0.15, 0.2) is 0 Å². The summed E-state index contributed by atoms with van der Waals surface area (Å²) in [7, 11) is 0. The average Bonchev–Trinajstić information content (AvgIpc) is 3.22. The molecule has 1 amide bonds. The largest absolute Gasteiger partial charge is 0.339 e. The predicted octanol–water partition coefficient (Wildman–Crippen LogP) is 2.79. The highest BCUT2D eigenvalue weighted by atomic mass is 16.2. The van der Waals surface area contributed by atoms with Crippen LogP contribution < -0.4 is 10.9 Å². The van der Waals surface area contributed by atoms with E-state index in [0.717, 1.165) is 44.7 Å². The van der Waals surface area contributed by atoms with Crippen molar-refractivity contribution < 1.29 is 4.79 Å². The fraction of sp³-hybridized carbons (Fsp3) is 0.522. The lowest BCUT2D eigenvalue weighted by Gasteiger charge is -2.36. The number of hydrogen-bond donors (Lipinski definition) is 2. The van der Waals surface area contributed by atoms with Crippen LogP contribution in [0.25, 0.3) is 0 Å². The molecule has 0 saturated carbocycles. The lowest BCUT2D eigenvalue weighted by Crippen LogP contribution is -2.46. The molecule has 2 unspecified atom stereocenters. The van der Waals surface area contributed by atoms with Gasteiger partial charge in [-0.1, -0.05) is 44.2 Å². The van der Waals surface area contributed by atoms with E-state index in [-0.39, 0.29) is 11.8 Å². The topological polar surface area (TPSA) is 70.2 Å². The van der Waals surface area contributed by atoms with Crippen molar-refractivity contribution in [3.63, 3.8) is 0 Å². The van der Waals surface area contributed by atoms with Crippen molar-refractivity contribution in [1.82, 2.24) is 25.7 Å². The van der Waals surface area contributed by atoms with Crippen LogP contribution in [-0.4, -0.2) is 46.5 Å². The Bertz CT molecular complexity index is 800. The molecule has 0 spiro atoms. The zero-order chi connectivity index (χ0) is 20.2. The molecule has 2 aliphatic heterocycles. The number of hydrogen-bond acceptors (Lipinski definition) is 5. The molecule has 6 nitrogen and oxygen atoms in total. The number of likely N-dealkylation sites (tertiary alicyclic amines) is 1. The number of amides is 1. The molecule has 2 aromatic rings. The monoisotopic (exact) mass is 393 g/mol. The fourth-order valence-corrected chi connectivity index (χ4v) is 4.56. The second kappa shape index (κ2) is 9.01. The van der Waals surface area contributed by atoms with Gasteiger partial charge in [0.2, 0.25) is 0 Å². The zero-order valence-electron chi connectivity index (χ0n) is 17.3. The first kappa shape index (κ1) is 20.0. The van der Waals surface area contributed by atoms with Crippen molar-refractivity contribution in [3.05, 3.63) is 59.7 Å². The van der Waals surface area contributed by atoms with Crippen molar-refractivity contribution in [2.24, 2.45) is 11.8 Å². The molecule has 2 fully saturated rings. The molecular weight excluding hydrogens is 362 g/mol. The van der Waals surface area contributed by atoms with E-state index in [4.69, 9.17) is 0 Å². The SMILES string of the molecule is CC(C)c1ncc(C(=O)N2CCC(C3NNCC3Cc3ccccc3)CC2)cn1. The molecule has 3 heterocycles. The lowest BCUT2D eigenvalue weighted by atomic mass is 9.81. The Kier molecular flexibility index (Phi) is 6.21. The van der Waals surface area contributed by atoms with Gasteiger partial charge in [0, 0.05) is 44.0 Å². The molecule has 0 aliphatic carbocycles. The Hall–Kier alpha value is -2.31. The number of aromatic nitrogens is 2. The van der Waals surface area contributed by atoms with Crippen molar-refractivity contribution in [1.29, 1.82) is 0 Å². The number of piperidine rings is 1. The fourth-order valence-electron chi connectivity index (χ4n) is 4.56. The summed E-state index contributed by atoms with van der Waals surface area (Å²) in [4.78, 5) is 23.5. The number of rotatable bonds is 5. The third-order valence-electron chi connectivity index (χ3n) is 6.25. The maximum Gasteiger partial charge on any atom is 0.256 e. The summed E-state index contributed by atoms with van der Waals surface area (Å²) in [6, 6.07) is 11.2. The third-order valence-corrected chi connectivity index (χ3v) is 6.25. The molecule has 1 aromatic heterocycles. The number of hydrazine groups is 1. The quantitative estimate of drug-likeness (QED) is 0.817. The Morgan fingerprint density at radius 2 is 1.83 bits per heavy atom. The molecule has 154 valence electrons. The van der Waals surface area contributed by atoms with Gasteiger partial charge in [-0.25, -0.2) is 9.97 Å². The highest BCUT2D eigenvalue weighted by Gasteiger charge is 2.36. The van der Waals surface area contributed by atoms with Gasteiger partial charge < -0.3 is 4.90 Å². The highest BCUT2D eigenvalue weighted by Crippen LogP contribution is 2.29. The molecule has 1 aromatic carbocycles. The second-order valence-electron chi connectivity index (χ2n) is 8.62. The van der Waals surface area contributed by atoms with E-state index in [2.05, 4.69) is 65.0 Å². The Labute approximate surface area is 173 Å². The first-order chi connectivity index (χ1) is 14.1. The van der Waals surface area contributed by atoms with Crippen LogP contribution in [0.5, 0.6) is 0 Å². The minimum Gasteiger partial charge on any atom is -0.339 e. The lowest BCUT2D eigenvalue weighted by molar-refractivity contribution is 0.0662. The maximum absolute atomic E-state index is 12.8. The van der Waals surface area contributed by atoms with E-state index in [0.29, 0.717) is 23.4 Å². The Morgan fingerprint density at radius 1 is 1.14 bits per heavy atom. The van der Waals surface area contributed by atoms with Crippen molar-refractivity contribution in [2.45, 2.75) is 45.1 Å². The Balaban J connectivity index is 1.33. The third kappa shape index (κ3) is 4.65. The average molecular weight is 394 g/mol. The molecular formula is C23H31N5O. The van der Waals surface area contributed by atoms with Gasteiger partial charge in [-0.2, -0.15) is 0 Å². The van der Waals surface area contributed by atoms with Gasteiger partial charge in [-0.05, 0) is 36.7 Å². The van der Waals surface area contributed by atoms with Crippen LogP contribution in [-0.2, 0) is 6.42 Å². The van der Waals surface area contributed by atoms with E-state index in [1.165, 1.54) is 5.56 Å².